The smallest absolute Gasteiger partial charge is 0.220 e. The Labute approximate surface area is 101 Å². The standard InChI is InChI=1S/C14H16N2O/c17-13-6-5-11(9-16-13)14-12-4-2-1-3-10(12)7-8-15-14/h1-4,11H,5-9H2,(H,16,17). The van der Waals surface area contributed by atoms with Crippen LogP contribution in [0.3, 0.4) is 0 Å². The zero-order valence-electron chi connectivity index (χ0n) is 9.78. The van der Waals surface area contributed by atoms with Crippen LogP contribution >= 0.6 is 0 Å². The molecule has 1 saturated heterocycles. The maximum atomic E-state index is 11.2. The number of rotatable bonds is 1. The Morgan fingerprint density at radius 2 is 2.12 bits per heavy atom. The predicted molar refractivity (Wildman–Crippen MR) is 67.3 cm³/mol. The van der Waals surface area contributed by atoms with E-state index in [1.165, 1.54) is 16.8 Å². The first kappa shape index (κ1) is 10.5. The van der Waals surface area contributed by atoms with Gasteiger partial charge < -0.3 is 5.32 Å². The van der Waals surface area contributed by atoms with Gasteiger partial charge in [-0.2, -0.15) is 0 Å². The van der Waals surface area contributed by atoms with Crippen LogP contribution in [0.1, 0.15) is 24.0 Å². The number of hydrogen-bond donors (Lipinski definition) is 1. The largest absolute Gasteiger partial charge is 0.355 e. The highest BCUT2D eigenvalue weighted by Crippen LogP contribution is 2.23. The normalized spacial score (nSPS) is 23.6. The minimum absolute atomic E-state index is 0.172. The second kappa shape index (κ2) is 4.32. The summed E-state index contributed by atoms with van der Waals surface area (Å²) in [7, 11) is 0. The van der Waals surface area contributed by atoms with Crippen LogP contribution < -0.4 is 5.32 Å². The highest BCUT2D eigenvalue weighted by molar-refractivity contribution is 6.04. The molecule has 1 amide bonds. The van der Waals surface area contributed by atoms with Gasteiger partial charge in [-0.1, -0.05) is 24.3 Å². The van der Waals surface area contributed by atoms with Crippen LogP contribution in [0.25, 0.3) is 0 Å². The van der Waals surface area contributed by atoms with Gasteiger partial charge in [0.05, 0.1) is 0 Å². The summed E-state index contributed by atoms with van der Waals surface area (Å²) in [6, 6.07) is 8.50. The van der Waals surface area contributed by atoms with Gasteiger partial charge in [-0.3, -0.25) is 9.79 Å². The quantitative estimate of drug-likeness (QED) is 0.778. The second-order valence-corrected chi connectivity index (χ2v) is 4.71. The van der Waals surface area contributed by atoms with Crippen molar-refractivity contribution in [2.24, 2.45) is 10.9 Å². The number of carbonyl (C=O) groups excluding carboxylic acids is 1. The van der Waals surface area contributed by atoms with Gasteiger partial charge in [-0.15, -0.1) is 0 Å². The number of amides is 1. The van der Waals surface area contributed by atoms with Crippen molar-refractivity contribution in [2.45, 2.75) is 19.3 Å². The Hall–Kier alpha value is -1.64. The molecular formula is C14H16N2O. The lowest BCUT2D eigenvalue weighted by atomic mass is 9.86. The van der Waals surface area contributed by atoms with Gasteiger partial charge in [0.25, 0.3) is 0 Å². The topological polar surface area (TPSA) is 41.5 Å². The van der Waals surface area contributed by atoms with Crippen molar-refractivity contribution in [3.63, 3.8) is 0 Å². The molecule has 2 aliphatic rings. The minimum atomic E-state index is 0.172. The Kier molecular flexibility index (Phi) is 2.67. The van der Waals surface area contributed by atoms with E-state index in [0.29, 0.717) is 12.3 Å². The van der Waals surface area contributed by atoms with Crippen molar-refractivity contribution in [2.75, 3.05) is 13.1 Å². The summed E-state index contributed by atoms with van der Waals surface area (Å²) in [5.74, 6) is 0.570. The molecule has 0 saturated carbocycles. The Balaban J connectivity index is 1.88. The molecule has 0 aliphatic carbocycles. The third-order valence-electron chi connectivity index (χ3n) is 3.61. The summed E-state index contributed by atoms with van der Waals surface area (Å²) in [4.78, 5) is 15.9. The monoisotopic (exact) mass is 228 g/mol. The first-order chi connectivity index (χ1) is 8.34. The molecular weight excluding hydrogens is 212 g/mol. The summed E-state index contributed by atoms with van der Waals surface area (Å²) in [5, 5.41) is 2.94. The molecule has 1 unspecified atom stereocenters. The van der Waals surface area contributed by atoms with Crippen molar-refractivity contribution in [3.05, 3.63) is 35.4 Å². The molecule has 0 spiro atoms. The zero-order valence-corrected chi connectivity index (χ0v) is 9.78. The zero-order chi connectivity index (χ0) is 11.7. The average molecular weight is 228 g/mol. The van der Waals surface area contributed by atoms with Crippen molar-refractivity contribution >= 4 is 11.6 Å². The third kappa shape index (κ3) is 1.97. The van der Waals surface area contributed by atoms with Gasteiger partial charge in [0.15, 0.2) is 0 Å². The SMILES string of the molecule is O=C1CCC(C2=NCCc3ccccc32)CN1. The second-order valence-electron chi connectivity index (χ2n) is 4.71. The fourth-order valence-corrected chi connectivity index (χ4v) is 2.69. The van der Waals surface area contributed by atoms with Crippen LogP contribution in [0.5, 0.6) is 0 Å². The Morgan fingerprint density at radius 3 is 2.94 bits per heavy atom. The highest BCUT2D eigenvalue weighted by Gasteiger charge is 2.26. The van der Waals surface area contributed by atoms with Gasteiger partial charge in [0, 0.05) is 31.1 Å². The molecule has 1 aromatic rings. The number of piperidine rings is 1. The predicted octanol–water partition coefficient (Wildman–Crippen LogP) is 1.56. The maximum Gasteiger partial charge on any atom is 0.220 e. The number of nitrogens with one attached hydrogen (secondary N) is 1. The van der Waals surface area contributed by atoms with Crippen molar-refractivity contribution in [1.29, 1.82) is 0 Å². The first-order valence-corrected chi connectivity index (χ1v) is 6.24. The van der Waals surface area contributed by atoms with Gasteiger partial charge in [-0.25, -0.2) is 0 Å². The van der Waals surface area contributed by atoms with Crippen LogP contribution in [-0.2, 0) is 11.2 Å². The fraction of sp³-hybridized carbons (Fsp3) is 0.429. The van der Waals surface area contributed by atoms with E-state index in [9.17, 15) is 4.79 Å². The number of carbonyl (C=O) groups is 1. The molecule has 0 bridgehead atoms. The van der Waals surface area contributed by atoms with E-state index >= 15 is 0 Å². The Morgan fingerprint density at radius 1 is 1.24 bits per heavy atom. The maximum absolute atomic E-state index is 11.2. The van der Waals surface area contributed by atoms with Crippen LogP contribution in [0.4, 0.5) is 0 Å². The van der Waals surface area contributed by atoms with Crippen LogP contribution in [0.2, 0.25) is 0 Å². The lowest BCUT2D eigenvalue weighted by molar-refractivity contribution is -0.122. The van der Waals surface area contributed by atoms with E-state index < -0.39 is 0 Å². The van der Waals surface area contributed by atoms with E-state index in [1.54, 1.807) is 0 Å². The Bertz CT molecular complexity index is 469. The average Bonchev–Trinajstić information content (AvgIpc) is 2.39. The number of nitrogens with zero attached hydrogens (tertiary/aromatic N) is 1. The number of aliphatic imine (C=N–C) groups is 1. The van der Waals surface area contributed by atoms with Crippen molar-refractivity contribution in [1.82, 2.24) is 5.32 Å². The molecule has 1 atom stereocenters. The molecule has 1 aromatic carbocycles. The summed E-state index contributed by atoms with van der Waals surface area (Å²) >= 11 is 0. The van der Waals surface area contributed by atoms with E-state index in [2.05, 4.69) is 34.6 Å². The van der Waals surface area contributed by atoms with Crippen LogP contribution in [0, 0.1) is 5.92 Å². The number of hydrogen-bond acceptors (Lipinski definition) is 2. The molecule has 0 radical (unpaired) electrons. The van der Waals surface area contributed by atoms with Gasteiger partial charge in [0.2, 0.25) is 5.91 Å². The molecule has 3 heteroatoms. The molecule has 3 nitrogen and oxygen atoms in total. The van der Waals surface area contributed by atoms with Crippen molar-refractivity contribution in [3.8, 4) is 0 Å². The molecule has 1 N–H and O–H groups in total. The molecule has 88 valence electrons. The van der Waals surface area contributed by atoms with Gasteiger partial charge >= 0.3 is 0 Å². The molecule has 1 fully saturated rings. The van der Waals surface area contributed by atoms with E-state index in [0.717, 1.165) is 25.9 Å². The van der Waals surface area contributed by atoms with E-state index in [4.69, 9.17) is 0 Å². The summed E-state index contributed by atoms with van der Waals surface area (Å²) < 4.78 is 0. The molecule has 3 rings (SSSR count). The molecule has 2 heterocycles. The van der Waals surface area contributed by atoms with Gasteiger partial charge in [-0.05, 0) is 24.0 Å². The van der Waals surface area contributed by atoms with Crippen molar-refractivity contribution < 1.29 is 4.79 Å². The molecule has 0 aromatic heterocycles. The molecule has 17 heavy (non-hydrogen) atoms. The lowest BCUT2D eigenvalue weighted by Gasteiger charge is -2.27. The van der Waals surface area contributed by atoms with E-state index in [1.807, 2.05) is 0 Å². The van der Waals surface area contributed by atoms with E-state index in [-0.39, 0.29) is 5.91 Å². The fourth-order valence-electron chi connectivity index (χ4n) is 2.69. The summed E-state index contributed by atoms with van der Waals surface area (Å²) in [6.45, 7) is 1.63. The van der Waals surface area contributed by atoms with Gasteiger partial charge in [0.1, 0.15) is 0 Å². The third-order valence-corrected chi connectivity index (χ3v) is 3.61. The summed E-state index contributed by atoms with van der Waals surface area (Å²) in [6.07, 6.45) is 2.60. The summed E-state index contributed by atoms with van der Waals surface area (Å²) in [5.41, 5.74) is 3.89. The molecule has 2 aliphatic heterocycles. The van der Waals surface area contributed by atoms with Crippen LogP contribution in [-0.4, -0.2) is 24.7 Å². The van der Waals surface area contributed by atoms with Crippen LogP contribution in [0.15, 0.2) is 29.3 Å². The minimum Gasteiger partial charge on any atom is -0.355 e. The number of fused-ring (bicyclic) bond motifs is 1. The number of benzene rings is 1. The first-order valence-electron chi connectivity index (χ1n) is 6.24. The lowest BCUT2D eigenvalue weighted by Crippen LogP contribution is -2.39. The highest BCUT2D eigenvalue weighted by atomic mass is 16.1.